The van der Waals surface area contributed by atoms with Crippen LogP contribution >= 0.6 is 46.3 Å². The molecule has 0 aliphatic carbocycles. The lowest BCUT2D eigenvalue weighted by molar-refractivity contribution is -0.131. The van der Waals surface area contributed by atoms with Crippen molar-refractivity contribution in [2.75, 3.05) is 0 Å². The number of hydrogen-bond acceptors (Lipinski definition) is 3. The number of thioether (sulfide) groups is 1. The van der Waals surface area contributed by atoms with Crippen molar-refractivity contribution >= 4 is 58.3 Å². The zero-order valence-electron chi connectivity index (χ0n) is 10.2. The number of carboxylic acids is 1. The maximum absolute atomic E-state index is 10.5. The van der Waals surface area contributed by atoms with Crippen LogP contribution in [0.15, 0.2) is 40.6 Å². The van der Waals surface area contributed by atoms with Gasteiger partial charge in [-0.15, -0.1) is 23.1 Å². The number of benzene rings is 1. The molecule has 0 aliphatic rings. The lowest BCUT2D eigenvalue weighted by Gasteiger charge is -2.04. The lowest BCUT2D eigenvalue weighted by Crippen LogP contribution is -1.86. The highest BCUT2D eigenvalue weighted by Gasteiger charge is 2.06. The lowest BCUT2D eigenvalue weighted by atomic mass is 10.2. The van der Waals surface area contributed by atoms with Gasteiger partial charge in [-0.1, -0.05) is 23.2 Å². The van der Waals surface area contributed by atoms with Crippen LogP contribution < -0.4 is 0 Å². The molecule has 1 N–H and O–H groups in total. The van der Waals surface area contributed by atoms with Gasteiger partial charge in [0, 0.05) is 26.6 Å². The molecule has 0 fully saturated rings. The number of carbonyl (C=O) groups is 1. The van der Waals surface area contributed by atoms with Crippen molar-refractivity contribution in [3.63, 3.8) is 0 Å². The molecular formula is C14H10Cl2O2S2. The number of thiophene rings is 1. The van der Waals surface area contributed by atoms with Crippen LogP contribution in [0, 0.1) is 0 Å². The first-order chi connectivity index (χ1) is 9.56. The molecule has 0 atom stereocenters. The van der Waals surface area contributed by atoms with Gasteiger partial charge in [0.15, 0.2) is 0 Å². The number of rotatable bonds is 5. The van der Waals surface area contributed by atoms with E-state index in [4.69, 9.17) is 28.3 Å². The summed E-state index contributed by atoms with van der Waals surface area (Å²) < 4.78 is 0. The summed E-state index contributed by atoms with van der Waals surface area (Å²) in [5.74, 6) is -0.232. The summed E-state index contributed by atoms with van der Waals surface area (Å²) >= 11 is 15.2. The first-order valence-electron chi connectivity index (χ1n) is 5.61. The summed E-state index contributed by atoms with van der Waals surface area (Å²) in [6.45, 7) is 0. The van der Waals surface area contributed by atoms with Gasteiger partial charge >= 0.3 is 5.97 Å². The zero-order chi connectivity index (χ0) is 14.5. The Morgan fingerprint density at radius 3 is 2.90 bits per heavy atom. The second-order valence-electron chi connectivity index (χ2n) is 3.83. The summed E-state index contributed by atoms with van der Waals surface area (Å²) in [5, 5.41) is 11.9. The first kappa shape index (κ1) is 15.4. The fraction of sp³-hybridized carbons (Fsp3) is 0.0714. The Labute approximate surface area is 135 Å². The summed E-state index contributed by atoms with van der Waals surface area (Å²) in [5.41, 5.74) is 0.919. The molecule has 2 rings (SSSR count). The van der Waals surface area contributed by atoms with Gasteiger partial charge in [-0.3, -0.25) is 0 Å². The van der Waals surface area contributed by atoms with Gasteiger partial charge in [0.05, 0.1) is 5.02 Å². The van der Waals surface area contributed by atoms with Crippen molar-refractivity contribution in [2.45, 2.75) is 10.6 Å². The SMILES string of the molecule is O=C(O)C=Cc1ccsc1CSc1cc(Cl)ccc1Cl. The fourth-order valence-corrected chi connectivity index (χ4v) is 4.00. The van der Waals surface area contributed by atoms with Crippen molar-refractivity contribution in [1.82, 2.24) is 0 Å². The van der Waals surface area contributed by atoms with E-state index in [9.17, 15) is 4.79 Å². The topological polar surface area (TPSA) is 37.3 Å². The maximum atomic E-state index is 10.5. The van der Waals surface area contributed by atoms with E-state index in [2.05, 4.69) is 0 Å². The molecule has 20 heavy (non-hydrogen) atoms. The van der Waals surface area contributed by atoms with Crippen molar-refractivity contribution in [3.8, 4) is 0 Å². The van der Waals surface area contributed by atoms with Crippen molar-refractivity contribution in [1.29, 1.82) is 0 Å². The molecule has 1 aromatic carbocycles. The fourth-order valence-electron chi connectivity index (χ4n) is 1.51. The number of carboxylic acid groups (broad SMARTS) is 1. The van der Waals surface area contributed by atoms with Gasteiger partial charge in [-0.05, 0) is 41.3 Å². The van der Waals surface area contributed by atoms with Gasteiger partial charge in [0.2, 0.25) is 0 Å². The average Bonchev–Trinajstić information content (AvgIpc) is 2.85. The van der Waals surface area contributed by atoms with E-state index in [1.165, 1.54) is 0 Å². The number of halogens is 2. The van der Waals surface area contributed by atoms with Crippen LogP contribution in [0.1, 0.15) is 10.4 Å². The van der Waals surface area contributed by atoms with Crippen LogP contribution in [0.4, 0.5) is 0 Å². The van der Waals surface area contributed by atoms with Gasteiger partial charge in [-0.2, -0.15) is 0 Å². The maximum Gasteiger partial charge on any atom is 0.328 e. The van der Waals surface area contributed by atoms with Crippen LogP contribution in [0.5, 0.6) is 0 Å². The molecule has 1 heterocycles. The third-order valence-corrected chi connectivity index (χ3v) is 5.32. The molecule has 1 aromatic heterocycles. The predicted molar refractivity (Wildman–Crippen MR) is 87.0 cm³/mol. The summed E-state index contributed by atoms with van der Waals surface area (Å²) in [7, 11) is 0. The van der Waals surface area contributed by atoms with Crippen LogP contribution in [-0.4, -0.2) is 11.1 Å². The van der Waals surface area contributed by atoms with Gasteiger partial charge < -0.3 is 5.11 Å². The highest BCUT2D eigenvalue weighted by atomic mass is 35.5. The second kappa shape index (κ2) is 7.18. The van der Waals surface area contributed by atoms with Crippen LogP contribution in [0.2, 0.25) is 10.0 Å². The Kier molecular flexibility index (Phi) is 5.54. The molecule has 6 heteroatoms. The molecule has 0 saturated carbocycles. The average molecular weight is 345 g/mol. The highest BCUT2D eigenvalue weighted by molar-refractivity contribution is 7.98. The Bertz CT molecular complexity index is 650. The molecular weight excluding hydrogens is 335 g/mol. The molecule has 0 radical (unpaired) electrons. The van der Waals surface area contributed by atoms with E-state index in [0.29, 0.717) is 10.0 Å². The molecule has 0 amide bonds. The molecule has 0 saturated heterocycles. The molecule has 0 unspecified atom stereocenters. The summed E-state index contributed by atoms with van der Waals surface area (Å²) in [6.07, 6.45) is 2.75. The van der Waals surface area contributed by atoms with Gasteiger partial charge in [0.1, 0.15) is 0 Å². The molecule has 104 valence electrons. The summed E-state index contributed by atoms with van der Waals surface area (Å²) in [6, 6.07) is 7.25. The monoisotopic (exact) mass is 344 g/mol. The normalized spacial score (nSPS) is 11.1. The number of aliphatic carboxylic acids is 1. The Hall–Kier alpha value is -0.940. The van der Waals surface area contributed by atoms with Gasteiger partial charge in [-0.25, -0.2) is 4.79 Å². The van der Waals surface area contributed by atoms with Crippen molar-refractivity contribution < 1.29 is 9.90 Å². The smallest absolute Gasteiger partial charge is 0.328 e. The highest BCUT2D eigenvalue weighted by Crippen LogP contribution is 2.34. The largest absolute Gasteiger partial charge is 0.478 e. The van der Waals surface area contributed by atoms with E-state index in [1.807, 2.05) is 17.5 Å². The van der Waals surface area contributed by atoms with Crippen molar-refractivity contribution in [2.24, 2.45) is 0 Å². The van der Waals surface area contributed by atoms with E-state index in [0.717, 1.165) is 27.2 Å². The quantitative estimate of drug-likeness (QED) is 0.579. The third-order valence-electron chi connectivity index (χ3n) is 2.44. The predicted octanol–water partition coefficient (Wildman–Crippen LogP) is 5.45. The third kappa shape index (κ3) is 4.28. The minimum absolute atomic E-state index is 0.647. The Morgan fingerprint density at radius 1 is 1.35 bits per heavy atom. The summed E-state index contributed by atoms with van der Waals surface area (Å²) in [4.78, 5) is 12.6. The Balaban J connectivity index is 2.10. The molecule has 2 aromatic rings. The van der Waals surface area contributed by atoms with Crippen molar-refractivity contribution in [3.05, 3.63) is 56.2 Å². The van der Waals surface area contributed by atoms with Gasteiger partial charge in [0.25, 0.3) is 0 Å². The zero-order valence-corrected chi connectivity index (χ0v) is 13.3. The Morgan fingerprint density at radius 2 is 2.15 bits per heavy atom. The van der Waals surface area contributed by atoms with Crippen LogP contribution in [0.3, 0.4) is 0 Å². The van der Waals surface area contributed by atoms with Crippen LogP contribution in [-0.2, 0) is 10.5 Å². The minimum atomic E-state index is -0.951. The van der Waals surface area contributed by atoms with Crippen LogP contribution in [0.25, 0.3) is 6.08 Å². The van der Waals surface area contributed by atoms with E-state index >= 15 is 0 Å². The standard InChI is InChI=1S/C14H10Cl2O2S2/c15-10-2-3-11(16)12(7-10)20-8-13-9(5-6-19-13)1-4-14(17)18/h1-7H,8H2,(H,17,18). The first-order valence-corrected chi connectivity index (χ1v) is 8.23. The molecule has 0 aliphatic heterocycles. The van der Waals surface area contributed by atoms with E-state index < -0.39 is 5.97 Å². The van der Waals surface area contributed by atoms with E-state index in [-0.39, 0.29) is 0 Å². The minimum Gasteiger partial charge on any atom is -0.478 e. The molecule has 2 nitrogen and oxygen atoms in total. The molecule has 0 spiro atoms. The second-order valence-corrected chi connectivity index (χ2v) is 6.70. The number of hydrogen-bond donors (Lipinski definition) is 1. The molecule has 0 bridgehead atoms. The van der Waals surface area contributed by atoms with E-state index in [1.54, 1.807) is 41.3 Å².